The fraction of sp³-hybridized carbons (Fsp3) is 0.308. The highest BCUT2D eigenvalue weighted by atomic mass is 79.9. The first-order valence-electron chi connectivity index (χ1n) is 5.95. The highest BCUT2D eigenvalue weighted by Gasteiger charge is 2.19. The number of rotatable bonds is 5. The Morgan fingerprint density at radius 1 is 1.40 bits per heavy atom. The summed E-state index contributed by atoms with van der Waals surface area (Å²) in [4.78, 5) is 0. The van der Waals surface area contributed by atoms with E-state index in [-0.39, 0.29) is 6.04 Å². The summed E-state index contributed by atoms with van der Waals surface area (Å²) >= 11 is 15.6. The Labute approximate surface area is 135 Å². The monoisotopic (exact) mass is 377 g/mol. The number of aromatic nitrogens is 2. The van der Waals surface area contributed by atoms with Gasteiger partial charge in [0.05, 0.1) is 41.1 Å². The van der Waals surface area contributed by atoms with Crippen LogP contribution in [0.3, 0.4) is 0 Å². The Morgan fingerprint density at radius 3 is 2.80 bits per heavy atom. The van der Waals surface area contributed by atoms with E-state index in [9.17, 15) is 0 Å². The molecule has 1 unspecified atom stereocenters. The third-order valence-corrected chi connectivity index (χ3v) is 4.44. The summed E-state index contributed by atoms with van der Waals surface area (Å²) < 4.78 is 7.62. The van der Waals surface area contributed by atoms with Crippen molar-refractivity contribution in [3.05, 3.63) is 50.2 Å². The Kier molecular flexibility index (Phi) is 5.46. The van der Waals surface area contributed by atoms with Crippen LogP contribution in [0.4, 0.5) is 0 Å². The predicted molar refractivity (Wildman–Crippen MR) is 84.3 cm³/mol. The van der Waals surface area contributed by atoms with Crippen molar-refractivity contribution in [1.29, 1.82) is 0 Å². The predicted octanol–water partition coefficient (Wildman–Crippen LogP) is 3.65. The number of benzene rings is 1. The van der Waals surface area contributed by atoms with Crippen LogP contribution in [0.15, 0.2) is 28.9 Å². The molecule has 2 aromatic rings. The molecule has 0 radical (unpaired) electrons. The first kappa shape index (κ1) is 15.8. The Bertz CT molecular complexity index is 603. The van der Waals surface area contributed by atoms with Crippen molar-refractivity contribution in [2.24, 2.45) is 5.73 Å². The molecular formula is C13H14BrCl2N3O. The molecule has 0 saturated carbocycles. The van der Waals surface area contributed by atoms with Crippen LogP contribution < -0.4 is 5.73 Å². The van der Waals surface area contributed by atoms with Crippen LogP contribution in [-0.4, -0.2) is 23.5 Å². The van der Waals surface area contributed by atoms with Gasteiger partial charge in [-0.3, -0.25) is 4.68 Å². The minimum Gasteiger partial charge on any atom is -0.383 e. The number of methoxy groups -OCH3 is 1. The normalized spacial score (nSPS) is 12.7. The SMILES string of the molecule is COCCn1ncc(Cl)c1C(N)c1ccc(Cl)c(Br)c1. The third kappa shape index (κ3) is 3.35. The van der Waals surface area contributed by atoms with Crippen LogP contribution in [0.2, 0.25) is 10.0 Å². The zero-order valence-corrected chi connectivity index (χ0v) is 13.9. The first-order valence-corrected chi connectivity index (χ1v) is 7.50. The fourth-order valence-electron chi connectivity index (χ4n) is 1.90. The van der Waals surface area contributed by atoms with Gasteiger partial charge in [-0.2, -0.15) is 5.10 Å². The second-order valence-corrected chi connectivity index (χ2v) is 5.91. The standard InChI is InChI=1S/C13H14BrCl2N3O/c1-20-5-4-19-13(11(16)7-18-19)12(17)8-2-3-10(15)9(14)6-8/h2-3,6-7,12H,4-5,17H2,1H3. The summed E-state index contributed by atoms with van der Waals surface area (Å²) in [5, 5.41) is 5.41. The van der Waals surface area contributed by atoms with E-state index in [0.717, 1.165) is 15.7 Å². The molecule has 0 fully saturated rings. The number of nitrogens with two attached hydrogens (primary N) is 1. The maximum Gasteiger partial charge on any atom is 0.0837 e. The lowest BCUT2D eigenvalue weighted by atomic mass is 10.0. The molecule has 1 atom stereocenters. The molecule has 0 aliphatic carbocycles. The smallest absolute Gasteiger partial charge is 0.0837 e. The van der Waals surface area contributed by atoms with Crippen molar-refractivity contribution in [2.45, 2.75) is 12.6 Å². The van der Waals surface area contributed by atoms with E-state index in [1.807, 2.05) is 12.1 Å². The van der Waals surface area contributed by atoms with Crippen molar-refractivity contribution in [2.75, 3.05) is 13.7 Å². The molecule has 7 heteroatoms. The quantitative estimate of drug-likeness (QED) is 0.863. The van der Waals surface area contributed by atoms with Crippen LogP contribution in [0.25, 0.3) is 0 Å². The molecule has 0 bridgehead atoms. The average molecular weight is 379 g/mol. The second-order valence-electron chi connectivity index (χ2n) is 4.24. The Morgan fingerprint density at radius 2 is 2.15 bits per heavy atom. The molecule has 0 aliphatic heterocycles. The first-order chi connectivity index (χ1) is 9.54. The summed E-state index contributed by atoms with van der Waals surface area (Å²) in [5.41, 5.74) is 7.97. The number of hydrogen-bond acceptors (Lipinski definition) is 3. The summed E-state index contributed by atoms with van der Waals surface area (Å²) in [7, 11) is 1.64. The van der Waals surface area contributed by atoms with E-state index in [2.05, 4.69) is 21.0 Å². The second kappa shape index (κ2) is 6.91. The van der Waals surface area contributed by atoms with Gasteiger partial charge in [-0.25, -0.2) is 0 Å². The molecule has 108 valence electrons. The number of halogens is 3. The molecule has 4 nitrogen and oxygen atoms in total. The Balaban J connectivity index is 2.34. The average Bonchev–Trinajstić information content (AvgIpc) is 2.80. The van der Waals surface area contributed by atoms with Gasteiger partial charge in [-0.15, -0.1) is 0 Å². The van der Waals surface area contributed by atoms with Crippen LogP contribution in [0, 0.1) is 0 Å². The molecule has 20 heavy (non-hydrogen) atoms. The van der Waals surface area contributed by atoms with Crippen molar-refractivity contribution in [1.82, 2.24) is 9.78 Å². The van der Waals surface area contributed by atoms with E-state index in [0.29, 0.717) is 23.2 Å². The molecule has 2 N–H and O–H groups in total. The van der Waals surface area contributed by atoms with Crippen LogP contribution in [0.5, 0.6) is 0 Å². The lowest BCUT2D eigenvalue weighted by molar-refractivity contribution is 0.182. The van der Waals surface area contributed by atoms with E-state index in [1.165, 1.54) is 0 Å². The number of ether oxygens (including phenoxy) is 1. The molecule has 0 aliphatic rings. The van der Waals surface area contributed by atoms with Crippen LogP contribution in [-0.2, 0) is 11.3 Å². The minimum absolute atomic E-state index is 0.379. The fourth-order valence-corrected chi connectivity index (χ4v) is 2.67. The van der Waals surface area contributed by atoms with Gasteiger partial charge < -0.3 is 10.5 Å². The van der Waals surface area contributed by atoms with Gasteiger partial charge in [0, 0.05) is 11.6 Å². The third-order valence-electron chi connectivity index (χ3n) is 2.94. The number of nitrogens with zero attached hydrogens (tertiary/aromatic N) is 2. The molecule has 1 aromatic carbocycles. The molecule has 0 saturated heterocycles. The van der Waals surface area contributed by atoms with Gasteiger partial charge in [0.1, 0.15) is 0 Å². The zero-order chi connectivity index (χ0) is 14.7. The lowest BCUT2D eigenvalue weighted by Gasteiger charge is -2.16. The van der Waals surface area contributed by atoms with Gasteiger partial charge in [0.15, 0.2) is 0 Å². The van der Waals surface area contributed by atoms with Gasteiger partial charge in [0.2, 0.25) is 0 Å². The van der Waals surface area contributed by atoms with Crippen molar-refractivity contribution in [3.63, 3.8) is 0 Å². The van der Waals surface area contributed by atoms with Gasteiger partial charge in [0.25, 0.3) is 0 Å². The highest BCUT2D eigenvalue weighted by Crippen LogP contribution is 2.30. The van der Waals surface area contributed by atoms with Crippen molar-refractivity contribution < 1.29 is 4.74 Å². The van der Waals surface area contributed by atoms with Gasteiger partial charge >= 0.3 is 0 Å². The summed E-state index contributed by atoms with van der Waals surface area (Å²) in [6, 6.07) is 5.18. The highest BCUT2D eigenvalue weighted by molar-refractivity contribution is 9.10. The molecule has 2 rings (SSSR count). The zero-order valence-electron chi connectivity index (χ0n) is 10.8. The van der Waals surface area contributed by atoms with Crippen molar-refractivity contribution in [3.8, 4) is 0 Å². The summed E-state index contributed by atoms with van der Waals surface area (Å²) in [6.07, 6.45) is 1.59. The van der Waals surface area contributed by atoms with Gasteiger partial charge in [-0.1, -0.05) is 29.3 Å². The van der Waals surface area contributed by atoms with Crippen LogP contribution in [0.1, 0.15) is 17.3 Å². The van der Waals surface area contributed by atoms with Crippen LogP contribution >= 0.6 is 39.1 Å². The summed E-state index contributed by atoms with van der Waals surface area (Å²) in [6.45, 7) is 1.14. The van der Waals surface area contributed by atoms with E-state index in [4.69, 9.17) is 33.7 Å². The van der Waals surface area contributed by atoms with E-state index < -0.39 is 0 Å². The Hall–Kier alpha value is -0.590. The maximum absolute atomic E-state index is 6.30. The maximum atomic E-state index is 6.30. The van der Waals surface area contributed by atoms with Gasteiger partial charge in [-0.05, 0) is 33.6 Å². The van der Waals surface area contributed by atoms with Crippen molar-refractivity contribution >= 4 is 39.1 Å². The molecule has 0 spiro atoms. The van der Waals surface area contributed by atoms with E-state index in [1.54, 1.807) is 24.1 Å². The number of hydrogen-bond donors (Lipinski definition) is 1. The molecular weight excluding hydrogens is 365 g/mol. The largest absolute Gasteiger partial charge is 0.383 e. The van der Waals surface area contributed by atoms with E-state index >= 15 is 0 Å². The molecule has 1 aromatic heterocycles. The molecule has 0 amide bonds. The summed E-state index contributed by atoms with van der Waals surface area (Å²) in [5.74, 6) is 0. The molecule has 1 heterocycles. The minimum atomic E-state index is -0.379. The topological polar surface area (TPSA) is 53.1 Å². The lowest BCUT2D eigenvalue weighted by Crippen LogP contribution is -2.19.